The molecule has 0 bridgehead atoms. The van der Waals surface area contributed by atoms with E-state index >= 15 is 0 Å². The number of ketones is 1. The second-order valence-electron chi connectivity index (χ2n) is 4.76. The summed E-state index contributed by atoms with van der Waals surface area (Å²) in [5.41, 5.74) is 2.71. The fourth-order valence-corrected chi connectivity index (χ4v) is 2.45. The maximum atomic E-state index is 12.1. The van der Waals surface area contributed by atoms with Crippen LogP contribution in [0.5, 0.6) is 5.75 Å². The van der Waals surface area contributed by atoms with Crippen molar-refractivity contribution in [2.45, 2.75) is 13.8 Å². The van der Waals surface area contributed by atoms with Gasteiger partial charge >= 0.3 is 0 Å². The number of aryl methyl sites for hydroxylation is 1. The van der Waals surface area contributed by atoms with E-state index in [0.717, 1.165) is 21.5 Å². The summed E-state index contributed by atoms with van der Waals surface area (Å²) in [6.45, 7) is 4.55. The summed E-state index contributed by atoms with van der Waals surface area (Å²) in [6.07, 6.45) is 3.19. The Morgan fingerprint density at radius 1 is 1.23 bits per heavy atom. The number of nitrogens with one attached hydrogen (secondary N) is 1. The van der Waals surface area contributed by atoms with E-state index in [9.17, 15) is 4.79 Å². The zero-order valence-corrected chi connectivity index (χ0v) is 14.2. The van der Waals surface area contributed by atoms with Crippen LogP contribution in [-0.2, 0) is 0 Å². The van der Waals surface area contributed by atoms with E-state index in [4.69, 9.17) is 4.74 Å². The van der Waals surface area contributed by atoms with Crippen LogP contribution in [0.25, 0.3) is 0 Å². The number of allylic oxidation sites excluding steroid dienone is 1. The number of carbonyl (C=O) groups excluding carboxylic acids is 1. The van der Waals surface area contributed by atoms with Crippen LogP contribution >= 0.6 is 15.9 Å². The highest BCUT2D eigenvalue weighted by Crippen LogP contribution is 2.20. The van der Waals surface area contributed by atoms with Gasteiger partial charge in [-0.25, -0.2) is 0 Å². The van der Waals surface area contributed by atoms with Crippen molar-refractivity contribution in [3.05, 3.63) is 70.3 Å². The number of benzene rings is 2. The lowest BCUT2D eigenvalue weighted by atomic mass is 10.1. The van der Waals surface area contributed by atoms with E-state index < -0.39 is 0 Å². The van der Waals surface area contributed by atoms with Gasteiger partial charge < -0.3 is 10.1 Å². The Kier molecular flexibility index (Phi) is 5.78. The summed E-state index contributed by atoms with van der Waals surface area (Å²) in [6, 6.07) is 13.1. The van der Waals surface area contributed by atoms with Crippen LogP contribution in [-0.4, -0.2) is 12.4 Å². The third-order valence-electron chi connectivity index (χ3n) is 3.11. The standard InChI is InChI=1S/C18H18BrNO2/c1-3-22-16-7-4-14(5-8-16)18(21)10-11-20-17-9-6-15(19)12-13(17)2/h4-12,20H,3H2,1-2H3. The molecule has 0 atom stereocenters. The van der Waals surface area contributed by atoms with Gasteiger partial charge in [0.1, 0.15) is 5.75 Å². The molecule has 0 heterocycles. The highest BCUT2D eigenvalue weighted by Gasteiger charge is 2.02. The van der Waals surface area contributed by atoms with Gasteiger partial charge in [0.05, 0.1) is 6.61 Å². The lowest BCUT2D eigenvalue weighted by Crippen LogP contribution is -1.98. The second-order valence-corrected chi connectivity index (χ2v) is 5.67. The molecule has 0 unspecified atom stereocenters. The largest absolute Gasteiger partial charge is 0.494 e. The molecule has 0 aromatic heterocycles. The van der Waals surface area contributed by atoms with E-state index in [1.165, 1.54) is 6.08 Å². The summed E-state index contributed by atoms with van der Waals surface area (Å²) in [4.78, 5) is 12.1. The summed E-state index contributed by atoms with van der Waals surface area (Å²) in [5, 5.41) is 3.13. The predicted molar refractivity (Wildman–Crippen MR) is 93.6 cm³/mol. The Labute approximate surface area is 139 Å². The van der Waals surface area contributed by atoms with Gasteiger partial charge in [-0.3, -0.25) is 4.79 Å². The van der Waals surface area contributed by atoms with Crippen molar-refractivity contribution >= 4 is 27.4 Å². The molecule has 3 nitrogen and oxygen atoms in total. The van der Waals surface area contributed by atoms with Gasteiger partial charge in [-0.05, 0) is 61.9 Å². The van der Waals surface area contributed by atoms with Crippen molar-refractivity contribution in [1.29, 1.82) is 0 Å². The van der Waals surface area contributed by atoms with Crippen molar-refractivity contribution in [2.75, 3.05) is 11.9 Å². The van der Waals surface area contributed by atoms with Crippen LogP contribution in [0.15, 0.2) is 59.2 Å². The normalized spacial score (nSPS) is 10.7. The Bertz CT molecular complexity index is 678. The maximum Gasteiger partial charge on any atom is 0.187 e. The number of hydrogen-bond acceptors (Lipinski definition) is 3. The number of anilines is 1. The summed E-state index contributed by atoms with van der Waals surface area (Å²) >= 11 is 3.42. The van der Waals surface area contributed by atoms with Gasteiger partial charge in [0.15, 0.2) is 5.78 Å². The van der Waals surface area contributed by atoms with E-state index in [1.54, 1.807) is 30.5 Å². The first kappa shape index (κ1) is 16.3. The van der Waals surface area contributed by atoms with Crippen molar-refractivity contribution < 1.29 is 9.53 Å². The highest BCUT2D eigenvalue weighted by atomic mass is 79.9. The fraction of sp³-hybridized carbons (Fsp3) is 0.167. The third kappa shape index (κ3) is 4.46. The molecule has 0 radical (unpaired) electrons. The van der Waals surface area contributed by atoms with Crippen LogP contribution in [0.2, 0.25) is 0 Å². The quantitative estimate of drug-likeness (QED) is 0.584. The summed E-state index contributed by atoms with van der Waals surface area (Å²) in [7, 11) is 0. The number of hydrogen-bond donors (Lipinski definition) is 1. The van der Waals surface area contributed by atoms with Crippen molar-refractivity contribution in [2.24, 2.45) is 0 Å². The van der Waals surface area contributed by atoms with Gasteiger partial charge in [-0.1, -0.05) is 15.9 Å². The van der Waals surface area contributed by atoms with E-state index in [-0.39, 0.29) is 5.78 Å². The maximum absolute atomic E-state index is 12.1. The Balaban J connectivity index is 1.98. The minimum absolute atomic E-state index is 0.0506. The van der Waals surface area contributed by atoms with Crippen LogP contribution in [0.3, 0.4) is 0 Å². The summed E-state index contributed by atoms with van der Waals surface area (Å²) in [5.74, 6) is 0.719. The molecule has 0 fully saturated rings. The third-order valence-corrected chi connectivity index (χ3v) is 3.61. The molecule has 4 heteroatoms. The molecule has 1 N–H and O–H groups in total. The molecular weight excluding hydrogens is 342 g/mol. The second kappa shape index (κ2) is 7.80. The van der Waals surface area contributed by atoms with E-state index in [1.807, 2.05) is 32.0 Å². The molecule has 2 aromatic rings. The number of halogens is 1. The molecule has 0 aliphatic carbocycles. The minimum Gasteiger partial charge on any atom is -0.494 e. The smallest absolute Gasteiger partial charge is 0.187 e. The van der Waals surface area contributed by atoms with Crippen LogP contribution in [0, 0.1) is 6.92 Å². The van der Waals surface area contributed by atoms with Crippen molar-refractivity contribution in [1.82, 2.24) is 0 Å². The first-order valence-electron chi connectivity index (χ1n) is 7.06. The van der Waals surface area contributed by atoms with E-state index in [2.05, 4.69) is 21.2 Å². The molecule has 0 amide bonds. The molecule has 2 rings (SSSR count). The Morgan fingerprint density at radius 2 is 1.95 bits per heavy atom. The first-order chi connectivity index (χ1) is 10.6. The Hall–Kier alpha value is -2.07. The van der Waals surface area contributed by atoms with Gasteiger partial charge in [-0.15, -0.1) is 0 Å². The van der Waals surface area contributed by atoms with Gasteiger partial charge in [0.25, 0.3) is 0 Å². The van der Waals surface area contributed by atoms with Crippen LogP contribution in [0.4, 0.5) is 5.69 Å². The average molecular weight is 360 g/mol. The van der Waals surface area contributed by atoms with Crippen molar-refractivity contribution in [3.63, 3.8) is 0 Å². The minimum atomic E-state index is -0.0506. The fourth-order valence-electron chi connectivity index (χ4n) is 1.97. The molecular formula is C18H18BrNO2. The predicted octanol–water partition coefficient (Wildman–Crippen LogP) is 4.96. The number of rotatable bonds is 6. The lowest BCUT2D eigenvalue weighted by molar-refractivity contribution is 0.104. The monoisotopic (exact) mass is 359 g/mol. The topological polar surface area (TPSA) is 38.3 Å². The lowest BCUT2D eigenvalue weighted by Gasteiger charge is -2.05. The Morgan fingerprint density at radius 3 is 2.59 bits per heavy atom. The number of ether oxygens (including phenoxy) is 1. The molecule has 2 aromatic carbocycles. The first-order valence-corrected chi connectivity index (χ1v) is 7.86. The SMILES string of the molecule is CCOc1ccc(C(=O)C=CNc2ccc(Br)cc2C)cc1. The van der Waals surface area contributed by atoms with Gasteiger partial charge in [0, 0.05) is 28.0 Å². The average Bonchev–Trinajstić information content (AvgIpc) is 2.50. The molecule has 0 spiro atoms. The highest BCUT2D eigenvalue weighted by molar-refractivity contribution is 9.10. The zero-order chi connectivity index (χ0) is 15.9. The molecule has 0 saturated heterocycles. The van der Waals surface area contributed by atoms with Gasteiger partial charge in [0.2, 0.25) is 0 Å². The molecule has 0 aliphatic rings. The van der Waals surface area contributed by atoms with Crippen molar-refractivity contribution in [3.8, 4) is 5.75 Å². The zero-order valence-electron chi connectivity index (χ0n) is 12.6. The molecule has 0 aliphatic heterocycles. The van der Waals surface area contributed by atoms with E-state index in [0.29, 0.717) is 12.2 Å². The van der Waals surface area contributed by atoms with Gasteiger partial charge in [-0.2, -0.15) is 0 Å². The van der Waals surface area contributed by atoms with Crippen LogP contribution < -0.4 is 10.1 Å². The number of carbonyl (C=O) groups is 1. The summed E-state index contributed by atoms with van der Waals surface area (Å²) < 4.78 is 6.39. The molecule has 22 heavy (non-hydrogen) atoms. The molecule has 0 saturated carbocycles. The van der Waals surface area contributed by atoms with Crippen LogP contribution in [0.1, 0.15) is 22.8 Å². The molecule has 114 valence electrons.